The minimum Gasteiger partial charge on any atom is -0.375 e. The van der Waals surface area contributed by atoms with Gasteiger partial charge < -0.3 is 9.47 Å². The average Bonchev–Trinajstić information content (AvgIpc) is 2.94. The molecule has 0 aromatic heterocycles. The normalized spacial score (nSPS) is 60.0. The lowest BCUT2D eigenvalue weighted by atomic mass is 9.70. The molecule has 2 heteroatoms. The van der Waals surface area contributed by atoms with Gasteiger partial charge in [0.15, 0.2) is 0 Å². The van der Waals surface area contributed by atoms with Gasteiger partial charge >= 0.3 is 0 Å². The van der Waals surface area contributed by atoms with E-state index >= 15 is 0 Å². The Labute approximate surface area is 85.0 Å². The van der Waals surface area contributed by atoms with Gasteiger partial charge in [-0.05, 0) is 50.4 Å². The molecular formula is C12H18O2. The fourth-order valence-corrected chi connectivity index (χ4v) is 3.88. The summed E-state index contributed by atoms with van der Waals surface area (Å²) in [6.07, 6.45) is 10.8. The van der Waals surface area contributed by atoms with E-state index in [-0.39, 0.29) is 0 Å². The first-order valence-corrected chi connectivity index (χ1v) is 6.19. The van der Waals surface area contributed by atoms with Crippen LogP contribution in [0.2, 0.25) is 0 Å². The second kappa shape index (κ2) is 2.73. The van der Waals surface area contributed by atoms with Gasteiger partial charge in [0.1, 0.15) is 0 Å². The molecule has 5 fully saturated rings. The Hall–Kier alpha value is -0.0800. The molecule has 0 aromatic rings. The van der Waals surface area contributed by atoms with Gasteiger partial charge in [-0.3, -0.25) is 0 Å². The van der Waals surface area contributed by atoms with Crippen LogP contribution in [0.1, 0.15) is 38.5 Å². The van der Waals surface area contributed by atoms with Gasteiger partial charge in [-0.25, -0.2) is 0 Å². The van der Waals surface area contributed by atoms with E-state index in [1.165, 1.54) is 38.5 Å². The molecule has 5 aliphatic rings. The maximum Gasteiger partial charge on any atom is 0.0844 e. The monoisotopic (exact) mass is 194 g/mol. The molecular weight excluding hydrogens is 176 g/mol. The van der Waals surface area contributed by atoms with Crippen LogP contribution in [0.15, 0.2) is 0 Å². The van der Waals surface area contributed by atoms with Crippen molar-refractivity contribution in [2.45, 2.75) is 62.9 Å². The van der Waals surface area contributed by atoms with Gasteiger partial charge in [0.25, 0.3) is 0 Å². The van der Waals surface area contributed by atoms with Crippen molar-refractivity contribution in [1.29, 1.82) is 0 Å². The third kappa shape index (κ3) is 1.17. The van der Waals surface area contributed by atoms with E-state index < -0.39 is 0 Å². The Morgan fingerprint density at radius 1 is 0.643 bits per heavy atom. The molecule has 3 saturated heterocycles. The third-order valence-corrected chi connectivity index (χ3v) is 4.75. The van der Waals surface area contributed by atoms with E-state index in [1.54, 1.807) is 0 Å². The first kappa shape index (κ1) is 8.12. The summed E-state index contributed by atoms with van der Waals surface area (Å²) in [7, 11) is 0. The SMILES string of the molecule is C1C2CC(C3CCC4OC4C3)CC1O2. The molecule has 2 nitrogen and oxygen atoms in total. The quantitative estimate of drug-likeness (QED) is 0.596. The van der Waals surface area contributed by atoms with Gasteiger partial charge in [0, 0.05) is 0 Å². The average molecular weight is 194 g/mol. The molecule has 78 valence electrons. The molecule has 3 heterocycles. The summed E-state index contributed by atoms with van der Waals surface area (Å²) in [5, 5.41) is 0. The van der Waals surface area contributed by atoms with E-state index in [2.05, 4.69) is 0 Å². The van der Waals surface area contributed by atoms with Crippen molar-refractivity contribution >= 4 is 0 Å². The number of epoxide rings is 1. The van der Waals surface area contributed by atoms with Gasteiger partial charge in [0.05, 0.1) is 24.4 Å². The number of hydrogen-bond donors (Lipinski definition) is 0. The number of fused-ring (bicyclic) bond motifs is 3. The zero-order valence-corrected chi connectivity index (χ0v) is 8.52. The van der Waals surface area contributed by atoms with Crippen molar-refractivity contribution in [3.63, 3.8) is 0 Å². The predicted molar refractivity (Wildman–Crippen MR) is 52.0 cm³/mol. The first-order valence-electron chi connectivity index (χ1n) is 6.19. The van der Waals surface area contributed by atoms with Crippen LogP contribution >= 0.6 is 0 Å². The molecule has 3 aliphatic heterocycles. The highest BCUT2D eigenvalue weighted by Crippen LogP contribution is 2.48. The lowest BCUT2D eigenvalue weighted by Crippen LogP contribution is -2.47. The van der Waals surface area contributed by atoms with Gasteiger partial charge in [-0.15, -0.1) is 0 Å². The van der Waals surface area contributed by atoms with Crippen LogP contribution in [0.25, 0.3) is 0 Å². The lowest BCUT2D eigenvalue weighted by molar-refractivity contribution is -0.180. The summed E-state index contributed by atoms with van der Waals surface area (Å²) in [5.41, 5.74) is 0. The van der Waals surface area contributed by atoms with E-state index in [0.29, 0.717) is 24.4 Å². The van der Waals surface area contributed by atoms with Crippen molar-refractivity contribution in [2.75, 3.05) is 0 Å². The topological polar surface area (TPSA) is 21.8 Å². The van der Waals surface area contributed by atoms with Gasteiger partial charge in [0.2, 0.25) is 0 Å². The van der Waals surface area contributed by atoms with E-state index in [0.717, 1.165) is 11.8 Å². The molecule has 0 radical (unpaired) electrons. The minimum atomic E-state index is 0.636. The molecule has 0 aromatic carbocycles. The third-order valence-electron chi connectivity index (χ3n) is 4.75. The predicted octanol–water partition coefficient (Wildman–Crippen LogP) is 2.12. The van der Waals surface area contributed by atoms with Crippen LogP contribution in [0, 0.1) is 11.8 Å². The Morgan fingerprint density at radius 3 is 2.14 bits per heavy atom. The zero-order valence-electron chi connectivity index (χ0n) is 8.52. The largest absolute Gasteiger partial charge is 0.375 e. The highest BCUT2D eigenvalue weighted by atomic mass is 16.6. The van der Waals surface area contributed by atoms with Crippen LogP contribution in [0.4, 0.5) is 0 Å². The molecule has 2 saturated carbocycles. The zero-order chi connectivity index (χ0) is 9.12. The minimum absolute atomic E-state index is 0.636. The van der Waals surface area contributed by atoms with Crippen LogP contribution in [-0.4, -0.2) is 24.4 Å². The summed E-state index contributed by atoms with van der Waals surface area (Å²) in [4.78, 5) is 0. The van der Waals surface area contributed by atoms with Crippen molar-refractivity contribution < 1.29 is 9.47 Å². The fourth-order valence-electron chi connectivity index (χ4n) is 3.88. The number of rotatable bonds is 1. The molecule has 2 bridgehead atoms. The molecule has 0 amide bonds. The number of hydrogen-bond acceptors (Lipinski definition) is 2. The number of ether oxygens (including phenoxy) is 2. The summed E-state index contributed by atoms with van der Waals surface area (Å²) in [6, 6.07) is 0. The highest BCUT2D eigenvalue weighted by molar-refractivity contribution is 4.97. The Morgan fingerprint density at radius 2 is 1.43 bits per heavy atom. The van der Waals surface area contributed by atoms with Crippen LogP contribution in [0.5, 0.6) is 0 Å². The van der Waals surface area contributed by atoms with Crippen LogP contribution in [0.3, 0.4) is 0 Å². The fraction of sp³-hybridized carbons (Fsp3) is 1.00. The first-order chi connectivity index (χ1) is 6.88. The van der Waals surface area contributed by atoms with Crippen molar-refractivity contribution in [2.24, 2.45) is 11.8 Å². The maximum atomic E-state index is 5.70. The van der Waals surface area contributed by atoms with Gasteiger partial charge in [-0.1, -0.05) is 0 Å². The molecule has 0 spiro atoms. The summed E-state index contributed by atoms with van der Waals surface area (Å²) in [6.45, 7) is 0. The maximum absolute atomic E-state index is 5.70. The van der Waals surface area contributed by atoms with Crippen molar-refractivity contribution in [3.8, 4) is 0 Å². The van der Waals surface area contributed by atoms with Crippen molar-refractivity contribution in [1.82, 2.24) is 0 Å². The second-order valence-electron chi connectivity index (χ2n) is 5.63. The molecule has 5 rings (SSSR count). The van der Waals surface area contributed by atoms with E-state index in [9.17, 15) is 0 Å². The lowest BCUT2D eigenvalue weighted by Gasteiger charge is -2.48. The summed E-state index contributed by atoms with van der Waals surface area (Å²) in [5.74, 6) is 1.94. The second-order valence-corrected chi connectivity index (χ2v) is 5.63. The van der Waals surface area contributed by atoms with E-state index in [4.69, 9.17) is 9.47 Å². The Bertz CT molecular complexity index is 231. The van der Waals surface area contributed by atoms with Crippen molar-refractivity contribution in [3.05, 3.63) is 0 Å². The van der Waals surface area contributed by atoms with Crippen LogP contribution in [-0.2, 0) is 9.47 Å². The van der Waals surface area contributed by atoms with Gasteiger partial charge in [-0.2, -0.15) is 0 Å². The molecule has 5 unspecified atom stereocenters. The highest BCUT2D eigenvalue weighted by Gasteiger charge is 2.48. The smallest absolute Gasteiger partial charge is 0.0844 e. The summed E-state index contributed by atoms with van der Waals surface area (Å²) < 4.78 is 11.3. The standard InChI is InChI=1S/C12H18O2/c1-2-11-12(14-11)5-7(1)8-3-9-6-10(4-8)13-9/h7-12H,1-6H2. The molecule has 0 N–H and O–H groups in total. The molecule has 5 atom stereocenters. The summed E-state index contributed by atoms with van der Waals surface area (Å²) >= 11 is 0. The molecule has 14 heavy (non-hydrogen) atoms. The Balaban J connectivity index is 1.42. The molecule has 2 aliphatic carbocycles. The van der Waals surface area contributed by atoms with Crippen LogP contribution < -0.4 is 0 Å². The van der Waals surface area contributed by atoms with E-state index in [1.807, 2.05) is 0 Å². The Kier molecular flexibility index (Phi) is 1.58.